The van der Waals surface area contributed by atoms with Crippen LogP contribution in [0.25, 0.3) is 10.9 Å². The van der Waals surface area contributed by atoms with Crippen molar-refractivity contribution in [3.05, 3.63) is 69.5 Å². The lowest BCUT2D eigenvalue weighted by molar-refractivity contribution is -0.925. The first-order valence-corrected chi connectivity index (χ1v) is 9.22. The molecule has 0 aliphatic heterocycles. The lowest BCUT2D eigenvalue weighted by atomic mass is 10.1. The lowest BCUT2D eigenvalue weighted by Crippen LogP contribution is -3.09. The van der Waals surface area contributed by atoms with Gasteiger partial charge in [0, 0.05) is 17.3 Å². The molecule has 1 unspecified atom stereocenters. The Labute approximate surface area is 159 Å². The fraction of sp³-hybridized carbons (Fsp3) is 0.318. The van der Waals surface area contributed by atoms with Crippen molar-refractivity contribution >= 4 is 10.9 Å². The van der Waals surface area contributed by atoms with Gasteiger partial charge in [-0.15, -0.1) is 0 Å². The first-order chi connectivity index (χ1) is 13.1. The highest BCUT2D eigenvalue weighted by Crippen LogP contribution is 2.28. The Hall–Kier alpha value is -2.79. The van der Waals surface area contributed by atoms with Crippen LogP contribution in [0.1, 0.15) is 23.7 Å². The van der Waals surface area contributed by atoms with Crippen molar-refractivity contribution in [2.45, 2.75) is 26.9 Å². The van der Waals surface area contributed by atoms with E-state index >= 15 is 0 Å². The van der Waals surface area contributed by atoms with Crippen molar-refractivity contribution in [3.8, 4) is 11.5 Å². The van der Waals surface area contributed by atoms with E-state index in [9.17, 15) is 4.79 Å². The summed E-state index contributed by atoms with van der Waals surface area (Å²) < 4.78 is 10.8. The molecule has 0 aliphatic rings. The third-order valence-electron chi connectivity index (χ3n) is 5.04. The van der Waals surface area contributed by atoms with E-state index < -0.39 is 0 Å². The molecule has 5 heteroatoms. The van der Waals surface area contributed by atoms with Crippen LogP contribution in [0.15, 0.2) is 47.3 Å². The number of rotatable bonds is 7. The number of aromatic amines is 1. The van der Waals surface area contributed by atoms with Crippen LogP contribution in [0.4, 0.5) is 0 Å². The lowest BCUT2D eigenvalue weighted by Gasteiger charge is -2.19. The molecular formula is C22H27N2O3+. The zero-order chi connectivity index (χ0) is 19.4. The Morgan fingerprint density at radius 1 is 1.04 bits per heavy atom. The predicted octanol–water partition coefficient (Wildman–Crippen LogP) is 2.46. The standard InChI is InChI=1S/C22H26N2O3/c1-5-24(13-16-9-7-6-8-10-16)14-19-15(2)23-21-18(22(19)25)11-17(26-3)12-20(21)27-4/h6-12H,5,13-14H2,1-4H3,(H,23,25)/p+1. The summed E-state index contributed by atoms with van der Waals surface area (Å²) in [6.07, 6.45) is 0. The zero-order valence-electron chi connectivity index (χ0n) is 16.4. The minimum atomic E-state index is 0.0393. The molecule has 0 saturated heterocycles. The fourth-order valence-corrected chi connectivity index (χ4v) is 3.43. The van der Waals surface area contributed by atoms with Crippen molar-refractivity contribution in [1.82, 2.24) is 4.98 Å². The van der Waals surface area contributed by atoms with E-state index in [0.717, 1.165) is 24.3 Å². The molecule has 0 amide bonds. The van der Waals surface area contributed by atoms with Gasteiger partial charge in [0.05, 0.1) is 37.2 Å². The highest BCUT2D eigenvalue weighted by Gasteiger charge is 2.18. The van der Waals surface area contributed by atoms with Crippen LogP contribution in [-0.4, -0.2) is 25.7 Å². The number of quaternary nitrogens is 1. The Bertz CT molecular complexity index is 980. The molecule has 0 aliphatic carbocycles. The molecule has 1 atom stereocenters. The number of fused-ring (bicyclic) bond motifs is 1. The highest BCUT2D eigenvalue weighted by atomic mass is 16.5. The van der Waals surface area contributed by atoms with E-state index in [4.69, 9.17) is 9.47 Å². The van der Waals surface area contributed by atoms with Gasteiger partial charge in [-0.3, -0.25) is 4.79 Å². The predicted molar refractivity (Wildman–Crippen MR) is 108 cm³/mol. The van der Waals surface area contributed by atoms with Crippen LogP contribution < -0.4 is 19.8 Å². The summed E-state index contributed by atoms with van der Waals surface area (Å²) in [6, 6.07) is 13.9. The first kappa shape index (κ1) is 19.0. The summed E-state index contributed by atoms with van der Waals surface area (Å²) >= 11 is 0. The summed E-state index contributed by atoms with van der Waals surface area (Å²) in [5.41, 5.74) is 3.72. The number of aryl methyl sites for hydroxylation is 1. The minimum Gasteiger partial charge on any atom is -0.497 e. The average molecular weight is 367 g/mol. The van der Waals surface area contributed by atoms with E-state index in [1.54, 1.807) is 26.4 Å². The molecule has 5 nitrogen and oxygen atoms in total. The van der Waals surface area contributed by atoms with Gasteiger partial charge in [-0.25, -0.2) is 0 Å². The van der Waals surface area contributed by atoms with Gasteiger partial charge < -0.3 is 19.4 Å². The number of ether oxygens (including phenoxy) is 2. The Kier molecular flexibility index (Phi) is 5.81. The SMILES string of the molecule is CC[NH+](Cc1ccccc1)Cc1c(C)[nH]c2c(OC)cc(OC)cc2c1=O. The van der Waals surface area contributed by atoms with Crippen LogP contribution in [0.3, 0.4) is 0 Å². The Morgan fingerprint density at radius 2 is 1.78 bits per heavy atom. The van der Waals surface area contributed by atoms with Crippen LogP contribution in [0, 0.1) is 6.92 Å². The van der Waals surface area contributed by atoms with E-state index in [0.29, 0.717) is 28.9 Å². The van der Waals surface area contributed by atoms with Crippen molar-refractivity contribution in [1.29, 1.82) is 0 Å². The normalized spacial score (nSPS) is 12.1. The summed E-state index contributed by atoms with van der Waals surface area (Å²) in [5, 5.41) is 0.599. The molecule has 2 N–H and O–H groups in total. The van der Waals surface area contributed by atoms with Gasteiger partial charge in [0.15, 0.2) is 5.43 Å². The maximum absolute atomic E-state index is 13.2. The number of hydrogen-bond donors (Lipinski definition) is 2. The quantitative estimate of drug-likeness (QED) is 0.674. The van der Waals surface area contributed by atoms with Crippen molar-refractivity contribution in [2.24, 2.45) is 0 Å². The summed E-state index contributed by atoms with van der Waals surface area (Å²) in [6.45, 7) is 6.59. The highest BCUT2D eigenvalue weighted by molar-refractivity contribution is 5.86. The van der Waals surface area contributed by atoms with E-state index in [1.807, 2.05) is 13.0 Å². The fourth-order valence-electron chi connectivity index (χ4n) is 3.43. The first-order valence-electron chi connectivity index (χ1n) is 9.22. The molecule has 142 valence electrons. The van der Waals surface area contributed by atoms with E-state index in [1.165, 1.54) is 10.5 Å². The topological polar surface area (TPSA) is 55.8 Å². The van der Waals surface area contributed by atoms with Gasteiger partial charge in [-0.05, 0) is 19.9 Å². The maximum atomic E-state index is 13.2. The average Bonchev–Trinajstić information content (AvgIpc) is 2.70. The molecule has 0 bridgehead atoms. The molecule has 2 aromatic carbocycles. The molecule has 1 aromatic heterocycles. The number of H-pyrrole nitrogens is 1. The molecule has 0 fully saturated rings. The van der Waals surface area contributed by atoms with Crippen molar-refractivity contribution < 1.29 is 14.4 Å². The molecule has 1 heterocycles. The Balaban J connectivity index is 2.02. The van der Waals surface area contributed by atoms with Gasteiger partial charge in [0.25, 0.3) is 0 Å². The number of hydrogen-bond acceptors (Lipinski definition) is 3. The van der Waals surface area contributed by atoms with Crippen LogP contribution in [0.2, 0.25) is 0 Å². The number of pyridine rings is 1. The molecule has 0 radical (unpaired) electrons. The van der Waals surface area contributed by atoms with Crippen molar-refractivity contribution in [3.63, 3.8) is 0 Å². The van der Waals surface area contributed by atoms with Crippen molar-refractivity contribution in [2.75, 3.05) is 20.8 Å². The molecule has 0 spiro atoms. The van der Waals surface area contributed by atoms with Crippen LogP contribution >= 0.6 is 0 Å². The van der Waals surface area contributed by atoms with Gasteiger partial charge in [-0.2, -0.15) is 0 Å². The molecule has 0 saturated carbocycles. The molecule has 3 rings (SSSR count). The second kappa shape index (κ2) is 8.27. The van der Waals surface area contributed by atoms with Gasteiger partial charge >= 0.3 is 0 Å². The molecule has 3 aromatic rings. The third-order valence-corrected chi connectivity index (χ3v) is 5.04. The minimum absolute atomic E-state index is 0.0393. The number of benzene rings is 2. The third kappa shape index (κ3) is 3.98. The van der Waals surface area contributed by atoms with Crippen LogP contribution in [0.5, 0.6) is 11.5 Å². The van der Waals surface area contributed by atoms with E-state index in [-0.39, 0.29) is 5.43 Å². The number of aromatic nitrogens is 1. The number of methoxy groups -OCH3 is 2. The zero-order valence-corrected chi connectivity index (χ0v) is 16.4. The maximum Gasteiger partial charge on any atom is 0.198 e. The number of nitrogens with one attached hydrogen (secondary N) is 2. The summed E-state index contributed by atoms with van der Waals surface area (Å²) in [7, 11) is 3.19. The second-order valence-corrected chi connectivity index (χ2v) is 6.75. The Morgan fingerprint density at radius 3 is 2.41 bits per heavy atom. The van der Waals surface area contributed by atoms with E-state index in [2.05, 4.69) is 36.2 Å². The van der Waals surface area contributed by atoms with Gasteiger partial charge in [0.2, 0.25) is 0 Å². The summed E-state index contributed by atoms with van der Waals surface area (Å²) in [5.74, 6) is 1.23. The molecule has 27 heavy (non-hydrogen) atoms. The van der Waals surface area contributed by atoms with Gasteiger partial charge in [-0.1, -0.05) is 30.3 Å². The molecular weight excluding hydrogens is 340 g/mol. The smallest absolute Gasteiger partial charge is 0.198 e. The monoisotopic (exact) mass is 367 g/mol. The van der Waals surface area contributed by atoms with Gasteiger partial charge in [0.1, 0.15) is 24.6 Å². The second-order valence-electron chi connectivity index (χ2n) is 6.75. The summed E-state index contributed by atoms with van der Waals surface area (Å²) in [4.78, 5) is 18.0. The van der Waals surface area contributed by atoms with Crippen LogP contribution in [-0.2, 0) is 13.1 Å². The largest absolute Gasteiger partial charge is 0.497 e.